The maximum absolute atomic E-state index is 11.7. The minimum Gasteiger partial charge on any atom is -0.380 e. The Morgan fingerprint density at radius 2 is 2.00 bits per heavy atom. The number of rotatable bonds is 9. The van der Waals surface area contributed by atoms with Crippen molar-refractivity contribution in [3.63, 3.8) is 0 Å². The number of carbonyl (C=O) groups is 1. The first-order valence-corrected chi connectivity index (χ1v) is 6.19. The van der Waals surface area contributed by atoms with Crippen molar-refractivity contribution in [2.75, 3.05) is 19.8 Å². The molecule has 0 radical (unpaired) electrons. The molecule has 4 nitrogen and oxygen atoms in total. The molecule has 0 rings (SSSR count). The van der Waals surface area contributed by atoms with E-state index in [9.17, 15) is 4.79 Å². The molecule has 4 heteroatoms. The molecule has 0 spiro atoms. The minimum atomic E-state index is -0.752. The van der Waals surface area contributed by atoms with Gasteiger partial charge in [-0.2, -0.15) is 0 Å². The highest BCUT2D eigenvalue weighted by Gasteiger charge is 2.26. The Balaban J connectivity index is 3.57. The number of carbonyl (C=O) groups excluding carboxylic acids is 1. The smallest absolute Gasteiger partial charge is 0.239 e. The van der Waals surface area contributed by atoms with Crippen LogP contribution in [-0.4, -0.2) is 31.2 Å². The zero-order chi connectivity index (χ0) is 12.4. The number of amides is 1. The van der Waals surface area contributed by atoms with Crippen molar-refractivity contribution in [2.45, 2.75) is 52.0 Å². The highest BCUT2D eigenvalue weighted by molar-refractivity contribution is 5.85. The molecule has 3 N–H and O–H groups in total. The standard InChI is InChI=1S/C12H26N2O2/c1-4-6-9-16-10-8-14-11(15)12(3,13)7-5-2/h4-10,13H2,1-3H3,(H,14,15). The van der Waals surface area contributed by atoms with Crippen molar-refractivity contribution < 1.29 is 9.53 Å². The predicted octanol–water partition coefficient (Wildman–Crippen LogP) is 1.44. The number of nitrogens with one attached hydrogen (secondary N) is 1. The van der Waals surface area contributed by atoms with E-state index in [4.69, 9.17) is 10.5 Å². The van der Waals surface area contributed by atoms with E-state index in [2.05, 4.69) is 12.2 Å². The third kappa shape index (κ3) is 6.80. The first-order valence-electron chi connectivity index (χ1n) is 6.19. The number of unbranched alkanes of at least 4 members (excludes halogenated alkanes) is 1. The van der Waals surface area contributed by atoms with E-state index < -0.39 is 5.54 Å². The molecule has 0 heterocycles. The molecule has 0 aliphatic carbocycles. The van der Waals surface area contributed by atoms with Gasteiger partial charge in [0.2, 0.25) is 5.91 Å². The molecule has 0 aliphatic rings. The summed E-state index contributed by atoms with van der Waals surface area (Å²) in [6.45, 7) is 7.78. The van der Waals surface area contributed by atoms with Crippen molar-refractivity contribution in [3.05, 3.63) is 0 Å². The van der Waals surface area contributed by atoms with Gasteiger partial charge < -0.3 is 15.8 Å². The number of ether oxygens (including phenoxy) is 1. The summed E-state index contributed by atoms with van der Waals surface area (Å²) in [5, 5.41) is 2.80. The summed E-state index contributed by atoms with van der Waals surface area (Å²) in [5.41, 5.74) is 5.13. The molecule has 0 saturated heterocycles. The van der Waals surface area contributed by atoms with Crippen LogP contribution in [-0.2, 0) is 9.53 Å². The summed E-state index contributed by atoms with van der Waals surface area (Å²) >= 11 is 0. The molecular formula is C12H26N2O2. The lowest BCUT2D eigenvalue weighted by Crippen LogP contribution is -2.52. The van der Waals surface area contributed by atoms with Crippen molar-refractivity contribution in [2.24, 2.45) is 5.73 Å². The maximum Gasteiger partial charge on any atom is 0.239 e. The van der Waals surface area contributed by atoms with Gasteiger partial charge in [-0.25, -0.2) is 0 Å². The van der Waals surface area contributed by atoms with Crippen LogP contribution in [0.1, 0.15) is 46.5 Å². The molecule has 0 aliphatic heterocycles. The third-order valence-corrected chi connectivity index (χ3v) is 2.46. The van der Waals surface area contributed by atoms with Gasteiger partial charge in [-0.1, -0.05) is 26.7 Å². The van der Waals surface area contributed by atoms with Gasteiger partial charge in [-0.05, 0) is 19.8 Å². The fourth-order valence-corrected chi connectivity index (χ4v) is 1.42. The van der Waals surface area contributed by atoms with Gasteiger partial charge in [0.25, 0.3) is 0 Å². The Labute approximate surface area is 98.9 Å². The maximum atomic E-state index is 11.7. The summed E-state index contributed by atoms with van der Waals surface area (Å²) in [6, 6.07) is 0. The molecule has 16 heavy (non-hydrogen) atoms. The van der Waals surface area contributed by atoms with Crippen LogP contribution in [0, 0.1) is 0 Å². The van der Waals surface area contributed by atoms with E-state index >= 15 is 0 Å². The van der Waals surface area contributed by atoms with E-state index in [1.165, 1.54) is 0 Å². The van der Waals surface area contributed by atoms with E-state index in [1.54, 1.807) is 6.92 Å². The van der Waals surface area contributed by atoms with Crippen LogP contribution >= 0.6 is 0 Å². The Hall–Kier alpha value is -0.610. The van der Waals surface area contributed by atoms with E-state index in [-0.39, 0.29) is 5.91 Å². The second-order valence-corrected chi connectivity index (χ2v) is 4.39. The van der Waals surface area contributed by atoms with Crippen LogP contribution in [0.5, 0.6) is 0 Å². The van der Waals surface area contributed by atoms with Crippen LogP contribution in [0.25, 0.3) is 0 Å². The molecule has 1 unspecified atom stereocenters. The zero-order valence-corrected chi connectivity index (χ0v) is 10.8. The molecule has 1 amide bonds. The largest absolute Gasteiger partial charge is 0.380 e. The fraction of sp³-hybridized carbons (Fsp3) is 0.917. The second kappa shape index (κ2) is 8.53. The van der Waals surface area contributed by atoms with Crippen molar-refractivity contribution in [3.8, 4) is 0 Å². The summed E-state index contributed by atoms with van der Waals surface area (Å²) < 4.78 is 5.34. The van der Waals surface area contributed by atoms with Gasteiger partial charge in [0.1, 0.15) is 0 Å². The van der Waals surface area contributed by atoms with Gasteiger partial charge in [-0.15, -0.1) is 0 Å². The first-order chi connectivity index (χ1) is 7.54. The third-order valence-electron chi connectivity index (χ3n) is 2.46. The zero-order valence-electron chi connectivity index (χ0n) is 10.8. The highest BCUT2D eigenvalue weighted by atomic mass is 16.5. The van der Waals surface area contributed by atoms with Crippen LogP contribution in [0.4, 0.5) is 0 Å². The Kier molecular flexibility index (Phi) is 8.21. The summed E-state index contributed by atoms with van der Waals surface area (Å²) in [5.74, 6) is -0.0894. The normalized spacial score (nSPS) is 14.5. The average Bonchev–Trinajstić information content (AvgIpc) is 2.22. The van der Waals surface area contributed by atoms with E-state index in [1.807, 2.05) is 6.92 Å². The summed E-state index contributed by atoms with van der Waals surface area (Å²) in [7, 11) is 0. The average molecular weight is 230 g/mol. The second-order valence-electron chi connectivity index (χ2n) is 4.39. The van der Waals surface area contributed by atoms with Crippen LogP contribution in [0.2, 0.25) is 0 Å². The lowest BCUT2D eigenvalue weighted by Gasteiger charge is -2.22. The first kappa shape index (κ1) is 15.4. The molecule has 0 aromatic carbocycles. The van der Waals surface area contributed by atoms with E-state index in [0.717, 1.165) is 25.9 Å². The predicted molar refractivity (Wildman–Crippen MR) is 66.2 cm³/mol. The fourth-order valence-electron chi connectivity index (χ4n) is 1.42. The number of hydrogen-bond acceptors (Lipinski definition) is 3. The van der Waals surface area contributed by atoms with Gasteiger partial charge in [-0.3, -0.25) is 4.79 Å². The van der Waals surface area contributed by atoms with Crippen LogP contribution in [0.15, 0.2) is 0 Å². The lowest BCUT2D eigenvalue weighted by molar-refractivity contribution is -0.126. The minimum absolute atomic E-state index is 0.0894. The van der Waals surface area contributed by atoms with Crippen molar-refractivity contribution >= 4 is 5.91 Å². The molecule has 0 bridgehead atoms. The van der Waals surface area contributed by atoms with Crippen molar-refractivity contribution in [1.29, 1.82) is 0 Å². The molecule has 1 atom stereocenters. The molecule has 0 saturated carbocycles. The summed E-state index contributed by atoms with van der Waals surface area (Å²) in [6.07, 6.45) is 3.81. The van der Waals surface area contributed by atoms with Crippen LogP contribution < -0.4 is 11.1 Å². The molecule has 0 aromatic heterocycles. The molecule has 0 fully saturated rings. The van der Waals surface area contributed by atoms with Gasteiger partial charge in [0, 0.05) is 13.2 Å². The van der Waals surface area contributed by atoms with Crippen LogP contribution in [0.3, 0.4) is 0 Å². The molecule has 0 aromatic rings. The van der Waals surface area contributed by atoms with E-state index in [0.29, 0.717) is 19.6 Å². The van der Waals surface area contributed by atoms with Gasteiger partial charge in [0.15, 0.2) is 0 Å². The summed E-state index contributed by atoms with van der Waals surface area (Å²) in [4.78, 5) is 11.7. The molecular weight excluding hydrogens is 204 g/mol. The topological polar surface area (TPSA) is 64.3 Å². The lowest BCUT2D eigenvalue weighted by atomic mass is 9.97. The number of nitrogens with two attached hydrogens (primary N) is 1. The van der Waals surface area contributed by atoms with Crippen molar-refractivity contribution in [1.82, 2.24) is 5.32 Å². The van der Waals surface area contributed by atoms with Gasteiger partial charge >= 0.3 is 0 Å². The Morgan fingerprint density at radius 3 is 2.56 bits per heavy atom. The quantitative estimate of drug-likeness (QED) is 0.589. The SMILES string of the molecule is CCCCOCCNC(=O)C(C)(N)CCC. The Morgan fingerprint density at radius 1 is 1.31 bits per heavy atom. The monoisotopic (exact) mass is 230 g/mol. The van der Waals surface area contributed by atoms with Gasteiger partial charge in [0.05, 0.1) is 12.1 Å². The highest BCUT2D eigenvalue weighted by Crippen LogP contribution is 2.07. The number of hydrogen-bond donors (Lipinski definition) is 2. The molecule has 96 valence electrons. The Bertz CT molecular complexity index is 193.